The summed E-state index contributed by atoms with van der Waals surface area (Å²) in [6.45, 7) is 3.42. The Kier molecular flexibility index (Phi) is 4.59. The van der Waals surface area contributed by atoms with Crippen LogP contribution in [0.5, 0.6) is 0 Å². The van der Waals surface area contributed by atoms with Crippen LogP contribution in [-0.4, -0.2) is 27.4 Å². The fraction of sp³-hybridized carbons (Fsp3) is 0.429. The normalized spacial score (nSPS) is 10.5. The van der Waals surface area contributed by atoms with Gasteiger partial charge in [0.05, 0.1) is 12.4 Å². The Morgan fingerprint density at radius 1 is 1.64 bits per heavy atom. The molecule has 0 fully saturated rings. The van der Waals surface area contributed by atoms with Crippen LogP contribution in [-0.2, 0) is 14.6 Å². The Morgan fingerprint density at radius 3 is 2.73 bits per heavy atom. The van der Waals surface area contributed by atoms with Crippen LogP contribution in [0.15, 0.2) is 12.0 Å². The fourth-order valence-electron chi connectivity index (χ4n) is 0.390. The van der Waals surface area contributed by atoms with Crippen LogP contribution < -0.4 is 0 Å². The molecule has 62 valence electrons. The van der Waals surface area contributed by atoms with Gasteiger partial charge in [0.1, 0.15) is 6.61 Å². The van der Waals surface area contributed by atoms with Gasteiger partial charge in [-0.2, -0.15) is 0 Å². The molecule has 0 saturated heterocycles. The highest BCUT2D eigenvalue weighted by molar-refractivity contribution is 7.94. The quantitative estimate of drug-likeness (QED) is 0.441. The third-order valence-electron chi connectivity index (χ3n) is 0.952. The van der Waals surface area contributed by atoms with E-state index < -0.39 is 9.84 Å². The standard InChI is InChI=1S/C7H10O3S/c1-3-5-10-6-7-11(8,9)4-2/h1,4H,2,5-7H2. The molecule has 0 aliphatic rings. The summed E-state index contributed by atoms with van der Waals surface area (Å²) in [7, 11) is -3.13. The lowest BCUT2D eigenvalue weighted by molar-refractivity contribution is 0.184. The molecule has 3 nitrogen and oxygen atoms in total. The van der Waals surface area contributed by atoms with E-state index in [4.69, 9.17) is 11.2 Å². The van der Waals surface area contributed by atoms with Crippen molar-refractivity contribution < 1.29 is 13.2 Å². The molecule has 0 aromatic carbocycles. The Labute approximate surface area is 67.0 Å². The van der Waals surface area contributed by atoms with Gasteiger partial charge in [0.2, 0.25) is 0 Å². The first kappa shape index (κ1) is 10.2. The molecule has 0 aromatic rings. The van der Waals surface area contributed by atoms with Gasteiger partial charge in [-0.05, 0) is 0 Å². The second-order valence-electron chi connectivity index (χ2n) is 1.79. The fourth-order valence-corrected chi connectivity index (χ4v) is 0.906. The van der Waals surface area contributed by atoms with Crippen molar-refractivity contribution in [1.82, 2.24) is 0 Å². The summed E-state index contributed by atoms with van der Waals surface area (Å²) in [4.78, 5) is 0. The molecule has 11 heavy (non-hydrogen) atoms. The molecule has 0 rings (SSSR count). The lowest BCUT2D eigenvalue weighted by atomic mass is 10.7. The zero-order valence-electron chi connectivity index (χ0n) is 6.12. The minimum absolute atomic E-state index is 0.0574. The lowest BCUT2D eigenvalue weighted by Gasteiger charge is -1.97. The van der Waals surface area contributed by atoms with Gasteiger partial charge in [0.15, 0.2) is 9.84 Å². The Hall–Kier alpha value is -0.790. The van der Waals surface area contributed by atoms with E-state index in [-0.39, 0.29) is 19.0 Å². The summed E-state index contributed by atoms with van der Waals surface area (Å²) in [5.74, 6) is 2.17. The van der Waals surface area contributed by atoms with E-state index in [1.54, 1.807) is 0 Å². The van der Waals surface area contributed by atoms with Gasteiger partial charge in [-0.1, -0.05) is 12.5 Å². The van der Waals surface area contributed by atoms with Gasteiger partial charge in [-0.15, -0.1) is 6.42 Å². The highest BCUT2D eigenvalue weighted by Gasteiger charge is 2.02. The van der Waals surface area contributed by atoms with Crippen LogP contribution >= 0.6 is 0 Å². The molecular formula is C7H10O3S. The molecule has 0 saturated carbocycles. The number of sulfone groups is 1. The number of rotatable bonds is 5. The lowest BCUT2D eigenvalue weighted by Crippen LogP contribution is -2.09. The van der Waals surface area contributed by atoms with E-state index in [1.165, 1.54) is 0 Å². The zero-order valence-corrected chi connectivity index (χ0v) is 6.93. The molecule has 0 spiro atoms. The van der Waals surface area contributed by atoms with Crippen molar-refractivity contribution in [2.45, 2.75) is 0 Å². The third kappa shape index (κ3) is 5.64. The van der Waals surface area contributed by atoms with Crippen molar-refractivity contribution in [2.75, 3.05) is 19.0 Å². The summed E-state index contributed by atoms with van der Waals surface area (Å²) in [6, 6.07) is 0. The second-order valence-corrected chi connectivity index (χ2v) is 3.86. The minimum atomic E-state index is -3.13. The van der Waals surface area contributed by atoms with Crippen LogP contribution in [0.3, 0.4) is 0 Å². The van der Waals surface area contributed by atoms with Crippen LogP contribution in [0.2, 0.25) is 0 Å². The van der Waals surface area contributed by atoms with Crippen LogP contribution in [0.25, 0.3) is 0 Å². The zero-order chi connectivity index (χ0) is 8.74. The molecule has 0 radical (unpaired) electrons. The monoisotopic (exact) mass is 174 g/mol. The van der Waals surface area contributed by atoms with Crippen LogP contribution in [0.4, 0.5) is 0 Å². The Balaban J connectivity index is 3.57. The van der Waals surface area contributed by atoms with E-state index in [0.717, 1.165) is 5.41 Å². The molecule has 0 N–H and O–H groups in total. The maximum absolute atomic E-state index is 10.7. The van der Waals surface area contributed by atoms with Gasteiger partial charge in [0.25, 0.3) is 0 Å². The molecule has 0 aromatic heterocycles. The van der Waals surface area contributed by atoms with E-state index >= 15 is 0 Å². The average Bonchev–Trinajstić information content (AvgIpc) is 1.99. The number of hydrogen-bond donors (Lipinski definition) is 0. The summed E-state index contributed by atoms with van der Waals surface area (Å²) < 4.78 is 26.2. The summed E-state index contributed by atoms with van der Waals surface area (Å²) in [5, 5.41) is 0.909. The first-order chi connectivity index (χ1) is 5.12. The van der Waals surface area contributed by atoms with Crippen LogP contribution in [0, 0.1) is 12.3 Å². The van der Waals surface area contributed by atoms with E-state index in [9.17, 15) is 8.42 Å². The molecule has 0 amide bonds. The predicted molar refractivity (Wildman–Crippen MR) is 43.6 cm³/mol. The number of hydrogen-bond acceptors (Lipinski definition) is 3. The molecule has 0 heterocycles. The van der Waals surface area contributed by atoms with Crippen molar-refractivity contribution in [3.63, 3.8) is 0 Å². The van der Waals surface area contributed by atoms with Gasteiger partial charge in [-0.3, -0.25) is 0 Å². The highest BCUT2D eigenvalue weighted by atomic mass is 32.2. The minimum Gasteiger partial charge on any atom is -0.368 e. The molecular weight excluding hydrogens is 164 g/mol. The van der Waals surface area contributed by atoms with E-state index in [1.807, 2.05) is 0 Å². The van der Waals surface area contributed by atoms with Gasteiger partial charge in [0, 0.05) is 5.41 Å². The van der Waals surface area contributed by atoms with Crippen molar-refractivity contribution in [1.29, 1.82) is 0 Å². The van der Waals surface area contributed by atoms with Gasteiger partial charge >= 0.3 is 0 Å². The largest absolute Gasteiger partial charge is 0.368 e. The molecule has 0 aliphatic carbocycles. The first-order valence-corrected chi connectivity index (χ1v) is 4.70. The third-order valence-corrected chi connectivity index (χ3v) is 2.20. The molecule has 0 aliphatic heterocycles. The van der Waals surface area contributed by atoms with Crippen molar-refractivity contribution in [3.8, 4) is 12.3 Å². The number of ether oxygens (including phenoxy) is 1. The highest BCUT2D eigenvalue weighted by Crippen LogP contribution is 1.89. The maximum atomic E-state index is 10.7. The van der Waals surface area contributed by atoms with Crippen molar-refractivity contribution in [2.24, 2.45) is 0 Å². The Bertz CT molecular complexity index is 245. The summed E-state index contributed by atoms with van der Waals surface area (Å²) in [5.41, 5.74) is 0. The summed E-state index contributed by atoms with van der Waals surface area (Å²) in [6.07, 6.45) is 4.87. The van der Waals surface area contributed by atoms with Crippen molar-refractivity contribution in [3.05, 3.63) is 12.0 Å². The van der Waals surface area contributed by atoms with Crippen molar-refractivity contribution >= 4 is 9.84 Å². The molecule has 4 heteroatoms. The Morgan fingerprint density at radius 2 is 2.27 bits per heavy atom. The first-order valence-electron chi connectivity index (χ1n) is 2.99. The predicted octanol–water partition coefficient (Wildman–Crippen LogP) is 0.195. The smallest absolute Gasteiger partial charge is 0.173 e. The molecule has 0 unspecified atom stereocenters. The van der Waals surface area contributed by atoms with Gasteiger partial charge in [-0.25, -0.2) is 8.42 Å². The molecule has 0 atom stereocenters. The van der Waals surface area contributed by atoms with Gasteiger partial charge < -0.3 is 4.74 Å². The summed E-state index contributed by atoms with van der Waals surface area (Å²) >= 11 is 0. The van der Waals surface area contributed by atoms with E-state index in [2.05, 4.69) is 12.5 Å². The van der Waals surface area contributed by atoms with Crippen LogP contribution in [0.1, 0.15) is 0 Å². The molecule has 0 bridgehead atoms. The number of terminal acetylenes is 1. The topological polar surface area (TPSA) is 43.4 Å². The van der Waals surface area contributed by atoms with E-state index in [0.29, 0.717) is 0 Å². The maximum Gasteiger partial charge on any atom is 0.173 e. The SMILES string of the molecule is C#CCOCCS(=O)(=O)C=C. The second kappa shape index (κ2) is 4.94. The average molecular weight is 174 g/mol.